The van der Waals surface area contributed by atoms with E-state index in [1.54, 1.807) is 0 Å². The minimum Gasteiger partial charge on any atom is -0.0584 e. The molecule has 0 nitrogen and oxygen atoms in total. The second kappa shape index (κ2) is 3.45. The van der Waals surface area contributed by atoms with Crippen LogP contribution in [0.1, 0.15) is 42.7 Å². The molecule has 1 aliphatic carbocycles. The second-order valence-electron chi connectivity index (χ2n) is 3.96. The Morgan fingerprint density at radius 1 is 1.46 bits per heavy atom. The van der Waals surface area contributed by atoms with Crippen LogP contribution in [0.4, 0.5) is 0 Å². The molecule has 0 saturated heterocycles. The molecule has 1 fully saturated rings. The zero-order valence-corrected chi connectivity index (χ0v) is 9.47. The molecule has 1 saturated carbocycles. The van der Waals surface area contributed by atoms with Gasteiger partial charge >= 0.3 is 0 Å². The van der Waals surface area contributed by atoms with Gasteiger partial charge in [-0.3, -0.25) is 0 Å². The maximum Gasteiger partial charge on any atom is 0.0212 e. The predicted molar refractivity (Wildman–Crippen MR) is 59.9 cm³/mol. The molecule has 1 aliphatic rings. The van der Waals surface area contributed by atoms with Crippen LogP contribution in [0.25, 0.3) is 0 Å². The molecule has 0 bridgehead atoms. The second-order valence-corrected chi connectivity index (χ2v) is 4.81. The van der Waals surface area contributed by atoms with Gasteiger partial charge in [0.2, 0.25) is 0 Å². The van der Waals surface area contributed by atoms with E-state index < -0.39 is 0 Å². The fourth-order valence-corrected chi connectivity index (χ4v) is 2.30. The van der Waals surface area contributed by atoms with Crippen LogP contribution in [0.15, 0.2) is 22.7 Å². The highest BCUT2D eigenvalue weighted by Gasteiger charge is 2.25. The summed E-state index contributed by atoms with van der Waals surface area (Å²) in [6, 6.07) is 6.67. The summed E-state index contributed by atoms with van der Waals surface area (Å²) < 4.78 is 1.27. The normalized spacial score (nSPS) is 16.6. The lowest BCUT2D eigenvalue weighted by Crippen LogP contribution is -1.90. The SMILES string of the molecule is [CH2]C(C)c1ccc(C2CC2)c(Br)c1. The molecule has 1 aromatic rings. The first-order valence-electron chi connectivity index (χ1n) is 4.81. The Kier molecular flexibility index (Phi) is 2.46. The molecule has 0 N–H and O–H groups in total. The van der Waals surface area contributed by atoms with Gasteiger partial charge in [0, 0.05) is 4.47 Å². The van der Waals surface area contributed by atoms with Gasteiger partial charge in [-0.2, -0.15) is 0 Å². The van der Waals surface area contributed by atoms with Crippen LogP contribution < -0.4 is 0 Å². The first-order chi connectivity index (χ1) is 6.18. The zero-order chi connectivity index (χ0) is 9.42. The molecule has 1 atom stereocenters. The summed E-state index contributed by atoms with van der Waals surface area (Å²) in [4.78, 5) is 0. The van der Waals surface area contributed by atoms with Gasteiger partial charge in [0.05, 0.1) is 0 Å². The molecule has 2 rings (SSSR count). The number of hydrogen-bond acceptors (Lipinski definition) is 0. The molecule has 0 amide bonds. The average molecular weight is 238 g/mol. The average Bonchev–Trinajstić information content (AvgIpc) is 2.87. The number of hydrogen-bond donors (Lipinski definition) is 0. The zero-order valence-electron chi connectivity index (χ0n) is 7.89. The van der Waals surface area contributed by atoms with Crippen molar-refractivity contribution < 1.29 is 0 Å². The van der Waals surface area contributed by atoms with Crippen molar-refractivity contribution in [3.05, 3.63) is 40.7 Å². The van der Waals surface area contributed by atoms with Gasteiger partial charge in [0.15, 0.2) is 0 Å². The van der Waals surface area contributed by atoms with Crippen LogP contribution >= 0.6 is 15.9 Å². The van der Waals surface area contributed by atoms with Crippen LogP contribution in [-0.2, 0) is 0 Å². The Morgan fingerprint density at radius 2 is 2.15 bits per heavy atom. The predicted octanol–water partition coefficient (Wildman–Crippen LogP) is 4.26. The van der Waals surface area contributed by atoms with Crippen molar-refractivity contribution in [1.82, 2.24) is 0 Å². The molecule has 0 aliphatic heterocycles. The maximum absolute atomic E-state index is 4.02. The monoisotopic (exact) mass is 237 g/mol. The Bertz CT molecular complexity index is 311. The highest BCUT2D eigenvalue weighted by molar-refractivity contribution is 9.10. The van der Waals surface area contributed by atoms with Crippen LogP contribution in [0.5, 0.6) is 0 Å². The van der Waals surface area contributed by atoms with E-state index in [-0.39, 0.29) is 0 Å². The minimum absolute atomic E-state index is 0.379. The molecule has 13 heavy (non-hydrogen) atoms. The molecule has 0 spiro atoms. The molecule has 1 heteroatoms. The highest BCUT2D eigenvalue weighted by Crippen LogP contribution is 2.43. The smallest absolute Gasteiger partial charge is 0.0212 e. The summed E-state index contributed by atoms with van der Waals surface area (Å²) in [6.07, 6.45) is 2.72. The summed E-state index contributed by atoms with van der Waals surface area (Å²) in [5, 5.41) is 0. The fourth-order valence-electron chi connectivity index (χ4n) is 1.58. The van der Waals surface area contributed by atoms with E-state index in [0.29, 0.717) is 5.92 Å². The highest BCUT2D eigenvalue weighted by atomic mass is 79.9. The van der Waals surface area contributed by atoms with Crippen molar-refractivity contribution in [3.8, 4) is 0 Å². The Labute approximate surface area is 88.5 Å². The van der Waals surface area contributed by atoms with Crippen molar-refractivity contribution in [1.29, 1.82) is 0 Å². The number of benzene rings is 1. The van der Waals surface area contributed by atoms with Gasteiger partial charge in [-0.25, -0.2) is 0 Å². The Morgan fingerprint density at radius 3 is 2.62 bits per heavy atom. The van der Waals surface area contributed by atoms with Gasteiger partial charge in [0.25, 0.3) is 0 Å². The van der Waals surface area contributed by atoms with E-state index in [0.717, 1.165) is 5.92 Å². The first-order valence-corrected chi connectivity index (χ1v) is 5.60. The lowest BCUT2D eigenvalue weighted by Gasteiger charge is -2.08. The van der Waals surface area contributed by atoms with Gasteiger partial charge in [-0.05, 0) is 48.8 Å². The summed E-state index contributed by atoms with van der Waals surface area (Å²) in [5.41, 5.74) is 2.79. The van der Waals surface area contributed by atoms with Crippen LogP contribution in [0.3, 0.4) is 0 Å². The van der Waals surface area contributed by atoms with Crippen molar-refractivity contribution in [2.75, 3.05) is 0 Å². The molecule has 0 heterocycles. The van der Waals surface area contributed by atoms with Crippen molar-refractivity contribution >= 4 is 15.9 Å². The molecule has 1 radical (unpaired) electrons. The van der Waals surface area contributed by atoms with E-state index in [4.69, 9.17) is 0 Å². The first kappa shape index (κ1) is 9.26. The summed E-state index contributed by atoms with van der Waals surface area (Å²) in [5.74, 6) is 1.20. The minimum atomic E-state index is 0.379. The largest absolute Gasteiger partial charge is 0.0584 e. The Balaban J connectivity index is 2.31. The van der Waals surface area contributed by atoms with Crippen molar-refractivity contribution in [3.63, 3.8) is 0 Å². The van der Waals surface area contributed by atoms with Crippen LogP contribution in [-0.4, -0.2) is 0 Å². The Hall–Kier alpha value is -0.300. The van der Waals surface area contributed by atoms with Crippen LogP contribution in [0.2, 0.25) is 0 Å². The molecule has 0 aromatic heterocycles. The third kappa shape index (κ3) is 1.96. The van der Waals surface area contributed by atoms with E-state index in [9.17, 15) is 0 Å². The fraction of sp³-hybridized carbons (Fsp3) is 0.417. The number of halogens is 1. The maximum atomic E-state index is 4.02. The van der Waals surface area contributed by atoms with Gasteiger partial charge in [-0.1, -0.05) is 35.0 Å². The third-order valence-corrected chi connectivity index (χ3v) is 3.30. The molecule has 1 unspecified atom stereocenters. The van der Waals surface area contributed by atoms with Gasteiger partial charge < -0.3 is 0 Å². The lowest BCUT2D eigenvalue weighted by molar-refractivity contribution is 0.956. The summed E-state index contributed by atoms with van der Waals surface area (Å²) >= 11 is 3.63. The number of rotatable bonds is 2. The van der Waals surface area contributed by atoms with Crippen molar-refractivity contribution in [2.45, 2.75) is 31.6 Å². The van der Waals surface area contributed by atoms with Crippen LogP contribution in [0, 0.1) is 6.92 Å². The molecule has 1 aromatic carbocycles. The standard InChI is InChI=1S/C12H14Br/c1-8(2)10-5-6-11(9-3-4-9)12(13)7-10/h5-9H,1,3-4H2,2H3. The summed E-state index contributed by atoms with van der Waals surface area (Å²) in [6.45, 7) is 6.14. The van der Waals surface area contributed by atoms with Gasteiger partial charge in [-0.15, -0.1) is 0 Å². The van der Waals surface area contributed by atoms with Crippen molar-refractivity contribution in [2.24, 2.45) is 0 Å². The molecule has 69 valence electrons. The van der Waals surface area contributed by atoms with E-state index in [2.05, 4.69) is 48.0 Å². The van der Waals surface area contributed by atoms with Gasteiger partial charge in [0.1, 0.15) is 0 Å². The quantitative estimate of drug-likeness (QED) is 0.721. The third-order valence-electron chi connectivity index (χ3n) is 2.61. The summed E-state index contributed by atoms with van der Waals surface area (Å²) in [7, 11) is 0. The van der Waals surface area contributed by atoms with E-state index in [1.165, 1.54) is 28.4 Å². The van der Waals surface area contributed by atoms with E-state index >= 15 is 0 Å². The lowest BCUT2D eigenvalue weighted by atomic mass is 10.0. The molecular weight excluding hydrogens is 224 g/mol. The molecular formula is C12H14Br. The topological polar surface area (TPSA) is 0 Å². The van der Waals surface area contributed by atoms with E-state index in [1.807, 2.05) is 0 Å².